The average Bonchev–Trinajstić information content (AvgIpc) is 2.24. The van der Waals surface area contributed by atoms with Gasteiger partial charge in [-0.25, -0.2) is 0 Å². The summed E-state index contributed by atoms with van der Waals surface area (Å²) in [6, 6.07) is 0. The normalized spacial score (nSPS) is 28.2. The number of nitrogens with two attached hydrogens (primary N) is 1. The molecule has 1 fully saturated rings. The summed E-state index contributed by atoms with van der Waals surface area (Å²) in [5.74, 6) is 2.45. The highest BCUT2D eigenvalue weighted by atomic mass is 15.2. The average molecular weight is 254 g/mol. The van der Waals surface area contributed by atoms with Gasteiger partial charge >= 0.3 is 0 Å². The summed E-state index contributed by atoms with van der Waals surface area (Å²) < 4.78 is 0. The van der Waals surface area contributed by atoms with Crippen LogP contribution in [0.4, 0.5) is 0 Å². The van der Waals surface area contributed by atoms with Crippen LogP contribution in [-0.2, 0) is 0 Å². The van der Waals surface area contributed by atoms with Gasteiger partial charge in [-0.3, -0.25) is 4.90 Å². The van der Waals surface area contributed by atoms with Gasteiger partial charge in [0.05, 0.1) is 0 Å². The quantitative estimate of drug-likeness (QED) is 0.718. The van der Waals surface area contributed by atoms with Crippen LogP contribution in [-0.4, -0.2) is 30.1 Å². The summed E-state index contributed by atoms with van der Waals surface area (Å²) in [6.07, 6.45) is 5.21. The molecule has 1 rings (SSSR count). The van der Waals surface area contributed by atoms with Crippen LogP contribution in [0.1, 0.15) is 60.3 Å². The summed E-state index contributed by atoms with van der Waals surface area (Å²) in [6.45, 7) is 14.9. The number of rotatable bonds is 8. The molecule has 1 aliphatic rings. The Labute approximate surface area is 114 Å². The summed E-state index contributed by atoms with van der Waals surface area (Å²) in [7, 11) is 0. The number of hydrogen-bond acceptors (Lipinski definition) is 2. The van der Waals surface area contributed by atoms with E-state index in [9.17, 15) is 0 Å². The van der Waals surface area contributed by atoms with Crippen molar-refractivity contribution in [2.45, 2.75) is 65.8 Å². The zero-order valence-corrected chi connectivity index (χ0v) is 13.2. The smallest absolute Gasteiger partial charge is 0.0336 e. The third-order valence-corrected chi connectivity index (χ3v) is 4.46. The topological polar surface area (TPSA) is 29.3 Å². The Balaban J connectivity index is 2.57. The van der Waals surface area contributed by atoms with Gasteiger partial charge in [-0.2, -0.15) is 0 Å². The summed E-state index contributed by atoms with van der Waals surface area (Å²) >= 11 is 0. The summed E-state index contributed by atoms with van der Waals surface area (Å²) in [4.78, 5) is 2.72. The molecule has 0 bridgehead atoms. The van der Waals surface area contributed by atoms with Gasteiger partial charge in [-0.15, -0.1) is 0 Å². The first-order valence-electron chi connectivity index (χ1n) is 7.84. The molecule has 18 heavy (non-hydrogen) atoms. The SMILES string of the molecule is CC(C)CCN(CCC(C)C)C1(CN)CC(C)C1. The van der Waals surface area contributed by atoms with Crippen molar-refractivity contribution in [2.24, 2.45) is 23.5 Å². The molecule has 0 amide bonds. The molecule has 108 valence electrons. The first-order valence-corrected chi connectivity index (χ1v) is 7.84. The molecule has 0 aromatic rings. The van der Waals surface area contributed by atoms with Crippen molar-refractivity contribution in [3.63, 3.8) is 0 Å². The molecular formula is C16H34N2. The highest BCUT2D eigenvalue weighted by Crippen LogP contribution is 2.42. The Morgan fingerprint density at radius 3 is 1.78 bits per heavy atom. The third kappa shape index (κ3) is 4.24. The van der Waals surface area contributed by atoms with Crippen molar-refractivity contribution in [3.8, 4) is 0 Å². The summed E-state index contributed by atoms with van der Waals surface area (Å²) in [5, 5.41) is 0. The lowest BCUT2D eigenvalue weighted by Gasteiger charge is -2.54. The Morgan fingerprint density at radius 1 is 1.06 bits per heavy atom. The van der Waals surface area contributed by atoms with Crippen molar-refractivity contribution in [1.82, 2.24) is 4.90 Å². The maximum absolute atomic E-state index is 6.10. The molecule has 2 nitrogen and oxygen atoms in total. The minimum atomic E-state index is 0.337. The second-order valence-electron chi connectivity index (χ2n) is 7.29. The molecule has 0 atom stereocenters. The van der Waals surface area contributed by atoms with E-state index in [1.165, 1.54) is 38.8 Å². The first-order chi connectivity index (χ1) is 8.39. The minimum absolute atomic E-state index is 0.337. The van der Waals surface area contributed by atoms with Gasteiger partial charge in [0.2, 0.25) is 0 Å². The van der Waals surface area contributed by atoms with E-state index < -0.39 is 0 Å². The largest absolute Gasteiger partial charge is 0.329 e. The molecule has 0 aromatic heterocycles. The summed E-state index contributed by atoms with van der Waals surface area (Å²) in [5.41, 5.74) is 6.44. The van der Waals surface area contributed by atoms with E-state index in [1.54, 1.807) is 0 Å². The van der Waals surface area contributed by atoms with E-state index >= 15 is 0 Å². The van der Waals surface area contributed by atoms with Crippen LogP contribution < -0.4 is 5.73 Å². The van der Waals surface area contributed by atoms with Gasteiger partial charge in [0.15, 0.2) is 0 Å². The van der Waals surface area contributed by atoms with Crippen molar-refractivity contribution in [3.05, 3.63) is 0 Å². The second kappa shape index (κ2) is 6.91. The van der Waals surface area contributed by atoms with Gasteiger partial charge < -0.3 is 5.73 Å². The molecule has 0 saturated heterocycles. The Bertz CT molecular complexity index is 217. The molecule has 0 heterocycles. The molecule has 0 unspecified atom stereocenters. The Hall–Kier alpha value is -0.0800. The molecule has 1 saturated carbocycles. The fraction of sp³-hybridized carbons (Fsp3) is 1.00. The van der Waals surface area contributed by atoms with E-state index in [0.717, 1.165) is 24.3 Å². The molecule has 1 aliphatic carbocycles. The van der Waals surface area contributed by atoms with Crippen LogP contribution in [0, 0.1) is 17.8 Å². The fourth-order valence-electron chi connectivity index (χ4n) is 3.21. The number of hydrogen-bond donors (Lipinski definition) is 1. The van der Waals surface area contributed by atoms with Gasteiger partial charge in [0.25, 0.3) is 0 Å². The van der Waals surface area contributed by atoms with E-state index in [-0.39, 0.29) is 0 Å². The van der Waals surface area contributed by atoms with E-state index in [4.69, 9.17) is 5.73 Å². The maximum atomic E-state index is 6.10. The van der Waals surface area contributed by atoms with Crippen molar-refractivity contribution < 1.29 is 0 Å². The van der Waals surface area contributed by atoms with Crippen LogP contribution in [0.5, 0.6) is 0 Å². The van der Waals surface area contributed by atoms with Crippen LogP contribution in [0.15, 0.2) is 0 Å². The lowest BCUT2D eigenvalue weighted by atomic mass is 9.67. The molecule has 2 heteroatoms. The molecule has 0 aliphatic heterocycles. The third-order valence-electron chi connectivity index (χ3n) is 4.46. The van der Waals surface area contributed by atoms with E-state index in [2.05, 4.69) is 39.5 Å². The highest BCUT2D eigenvalue weighted by Gasteiger charge is 2.45. The lowest BCUT2D eigenvalue weighted by molar-refractivity contribution is -0.0177. The fourth-order valence-corrected chi connectivity index (χ4v) is 3.21. The monoisotopic (exact) mass is 254 g/mol. The maximum Gasteiger partial charge on any atom is 0.0336 e. The van der Waals surface area contributed by atoms with E-state index in [1.807, 2.05) is 0 Å². The van der Waals surface area contributed by atoms with Crippen LogP contribution in [0.25, 0.3) is 0 Å². The van der Waals surface area contributed by atoms with Gasteiger partial charge in [0.1, 0.15) is 0 Å². The Kier molecular flexibility index (Phi) is 6.13. The zero-order chi connectivity index (χ0) is 13.8. The van der Waals surface area contributed by atoms with Crippen molar-refractivity contribution in [1.29, 1.82) is 0 Å². The predicted molar refractivity (Wildman–Crippen MR) is 80.7 cm³/mol. The van der Waals surface area contributed by atoms with E-state index in [0.29, 0.717) is 5.54 Å². The van der Waals surface area contributed by atoms with Gasteiger partial charge in [-0.1, -0.05) is 34.6 Å². The van der Waals surface area contributed by atoms with Gasteiger partial charge in [-0.05, 0) is 56.5 Å². The zero-order valence-electron chi connectivity index (χ0n) is 13.2. The highest BCUT2D eigenvalue weighted by molar-refractivity contribution is 5.02. The number of nitrogens with zero attached hydrogens (tertiary/aromatic N) is 1. The van der Waals surface area contributed by atoms with Crippen LogP contribution in [0.2, 0.25) is 0 Å². The van der Waals surface area contributed by atoms with Crippen molar-refractivity contribution in [2.75, 3.05) is 19.6 Å². The molecule has 0 radical (unpaired) electrons. The second-order valence-corrected chi connectivity index (χ2v) is 7.29. The lowest BCUT2D eigenvalue weighted by Crippen LogP contribution is -2.61. The Morgan fingerprint density at radius 2 is 1.50 bits per heavy atom. The van der Waals surface area contributed by atoms with Crippen molar-refractivity contribution >= 4 is 0 Å². The first kappa shape index (κ1) is 16.0. The van der Waals surface area contributed by atoms with Crippen LogP contribution in [0.3, 0.4) is 0 Å². The molecule has 0 spiro atoms. The molecule has 0 aromatic carbocycles. The van der Waals surface area contributed by atoms with Crippen LogP contribution >= 0.6 is 0 Å². The minimum Gasteiger partial charge on any atom is -0.329 e. The standard InChI is InChI=1S/C16H34N2/c1-13(2)6-8-18(9-7-14(3)4)16(12-17)10-15(5)11-16/h13-15H,6-12,17H2,1-5H3. The molecular weight excluding hydrogens is 220 g/mol. The predicted octanol–water partition coefficient (Wildman–Crippen LogP) is 3.51. The van der Waals surface area contributed by atoms with Gasteiger partial charge in [0, 0.05) is 12.1 Å². The molecule has 2 N–H and O–H groups in total.